The standard InChI is InChI=1S/C12H18N2O2S/c1-10-5-6-11(13)12(9-10)17(15,16)14-7-3-2-4-8-14/h5-6,9H,2-4,7-8,13H2,1H3. The maximum absolute atomic E-state index is 12.4. The predicted octanol–water partition coefficient (Wildman–Crippen LogP) is 1.75. The molecular weight excluding hydrogens is 236 g/mol. The molecule has 0 bridgehead atoms. The molecule has 1 aliphatic heterocycles. The number of piperidine rings is 1. The summed E-state index contributed by atoms with van der Waals surface area (Å²) >= 11 is 0. The number of hydrogen-bond donors (Lipinski definition) is 1. The lowest BCUT2D eigenvalue weighted by molar-refractivity contribution is 0.347. The Morgan fingerprint density at radius 3 is 2.47 bits per heavy atom. The Kier molecular flexibility index (Phi) is 3.40. The zero-order valence-corrected chi connectivity index (χ0v) is 10.8. The van der Waals surface area contributed by atoms with Crippen LogP contribution in [0.4, 0.5) is 5.69 Å². The summed E-state index contributed by atoms with van der Waals surface area (Å²) in [7, 11) is -3.41. The first-order valence-corrected chi connectivity index (χ1v) is 7.32. The lowest BCUT2D eigenvalue weighted by atomic mass is 10.2. The van der Waals surface area contributed by atoms with Gasteiger partial charge in [-0.1, -0.05) is 12.5 Å². The highest BCUT2D eigenvalue weighted by Crippen LogP contribution is 2.25. The molecule has 1 aliphatic rings. The van der Waals surface area contributed by atoms with E-state index in [1.807, 2.05) is 13.0 Å². The molecule has 1 heterocycles. The first kappa shape index (κ1) is 12.4. The molecule has 0 aromatic heterocycles. The van der Waals surface area contributed by atoms with E-state index in [2.05, 4.69) is 0 Å². The van der Waals surface area contributed by atoms with Crippen molar-refractivity contribution >= 4 is 15.7 Å². The van der Waals surface area contributed by atoms with Gasteiger partial charge in [-0.25, -0.2) is 8.42 Å². The van der Waals surface area contributed by atoms with Gasteiger partial charge in [0, 0.05) is 13.1 Å². The van der Waals surface area contributed by atoms with Gasteiger partial charge in [-0.05, 0) is 37.5 Å². The summed E-state index contributed by atoms with van der Waals surface area (Å²) in [5.74, 6) is 0. The van der Waals surface area contributed by atoms with Crippen molar-refractivity contribution in [3.05, 3.63) is 23.8 Å². The van der Waals surface area contributed by atoms with E-state index >= 15 is 0 Å². The number of hydrogen-bond acceptors (Lipinski definition) is 3. The van der Waals surface area contributed by atoms with E-state index in [1.165, 1.54) is 0 Å². The number of benzene rings is 1. The average Bonchev–Trinajstić information content (AvgIpc) is 2.33. The first-order valence-electron chi connectivity index (χ1n) is 5.88. The van der Waals surface area contributed by atoms with Crippen molar-refractivity contribution in [2.45, 2.75) is 31.1 Å². The fourth-order valence-electron chi connectivity index (χ4n) is 2.11. The summed E-state index contributed by atoms with van der Waals surface area (Å²) in [6, 6.07) is 5.13. The Hall–Kier alpha value is -1.07. The molecule has 17 heavy (non-hydrogen) atoms. The quantitative estimate of drug-likeness (QED) is 0.818. The van der Waals surface area contributed by atoms with Crippen LogP contribution in [-0.4, -0.2) is 25.8 Å². The largest absolute Gasteiger partial charge is 0.398 e. The average molecular weight is 254 g/mol. The van der Waals surface area contributed by atoms with Crippen LogP contribution in [0.5, 0.6) is 0 Å². The molecule has 0 aliphatic carbocycles. The van der Waals surface area contributed by atoms with E-state index in [1.54, 1.807) is 16.4 Å². The fourth-order valence-corrected chi connectivity index (χ4v) is 3.83. The molecule has 0 radical (unpaired) electrons. The summed E-state index contributed by atoms with van der Waals surface area (Å²) in [6.45, 7) is 3.08. The van der Waals surface area contributed by atoms with Crippen molar-refractivity contribution in [2.75, 3.05) is 18.8 Å². The third-order valence-electron chi connectivity index (χ3n) is 3.10. The van der Waals surface area contributed by atoms with Crippen LogP contribution in [0.3, 0.4) is 0 Å². The number of aryl methyl sites for hydroxylation is 1. The van der Waals surface area contributed by atoms with Gasteiger partial charge in [0.25, 0.3) is 0 Å². The van der Waals surface area contributed by atoms with Gasteiger partial charge < -0.3 is 5.73 Å². The van der Waals surface area contributed by atoms with Crippen LogP contribution in [0.25, 0.3) is 0 Å². The van der Waals surface area contributed by atoms with E-state index in [-0.39, 0.29) is 4.90 Å². The molecule has 0 saturated carbocycles. The van der Waals surface area contributed by atoms with Gasteiger partial charge in [0.15, 0.2) is 0 Å². The Labute approximate surface area is 102 Å². The van der Waals surface area contributed by atoms with Crippen LogP contribution in [0.15, 0.2) is 23.1 Å². The van der Waals surface area contributed by atoms with E-state index in [9.17, 15) is 8.42 Å². The number of nitrogen functional groups attached to an aromatic ring is 1. The molecule has 5 heteroatoms. The van der Waals surface area contributed by atoms with Gasteiger partial charge >= 0.3 is 0 Å². The molecule has 1 saturated heterocycles. The minimum atomic E-state index is -3.41. The summed E-state index contributed by atoms with van der Waals surface area (Å²) in [5, 5.41) is 0. The molecule has 2 N–H and O–H groups in total. The monoisotopic (exact) mass is 254 g/mol. The molecule has 0 spiro atoms. The molecule has 1 fully saturated rings. The van der Waals surface area contributed by atoms with Crippen molar-refractivity contribution in [3.63, 3.8) is 0 Å². The summed E-state index contributed by atoms with van der Waals surface area (Å²) < 4.78 is 26.4. The molecule has 0 atom stereocenters. The highest BCUT2D eigenvalue weighted by atomic mass is 32.2. The Morgan fingerprint density at radius 2 is 1.82 bits per heavy atom. The number of nitrogens with zero attached hydrogens (tertiary/aromatic N) is 1. The smallest absolute Gasteiger partial charge is 0.245 e. The predicted molar refractivity (Wildman–Crippen MR) is 68.2 cm³/mol. The van der Waals surface area contributed by atoms with Gasteiger partial charge in [-0.3, -0.25) is 0 Å². The second kappa shape index (κ2) is 4.66. The summed E-state index contributed by atoms with van der Waals surface area (Å²) in [6.07, 6.45) is 2.98. The normalized spacial score (nSPS) is 18.2. The highest BCUT2D eigenvalue weighted by molar-refractivity contribution is 7.89. The molecule has 4 nitrogen and oxygen atoms in total. The zero-order valence-electron chi connectivity index (χ0n) is 10.0. The van der Waals surface area contributed by atoms with Crippen LogP contribution in [0, 0.1) is 6.92 Å². The first-order chi connectivity index (χ1) is 8.01. The summed E-state index contributed by atoms with van der Waals surface area (Å²) in [5.41, 5.74) is 7.02. The zero-order chi connectivity index (χ0) is 12.5. The van der Waals surface area contributed by atoms with Crippen molar-refractivity contribution in [1.29, 1.82) is 0 Å². The van der Waals surface area contributed by atoms with Gasteiger partial charge in [0.2, 0.25) is 10.0 Å². The van der Waals surface area contributed by atoms with Crippen molar-refractivity contribution in [2.24, 2.45) is 0 Å². The highest BCUT2D eigenvalue weighted by Gasteiger charge is 2.27. The van der Waals surface area contributed by atoms with Gasteiger partial charge in [-0.15, -0.1) is 0 Å². The topological polar surface area (TPSA) is 63.4 Å². The van der Waals surface area contributed by atoms with Crippen molar-refractivity contribution in [1.82, 2.24) is 4.31 Å². The lowest BCUT2D eigenvalue weighted by Crippen LogP contribution is -2.36. The third kappa shape index (κ3) is 2.45. The summed E-state index contributed by atoms with van der Waals surface area (Å²) in [4.78, 5) is 0.249. The van der Waals surface area contributed by atoms with Crippen molar-refractivity contribution in [3.8, 4) is 0 Å². The number of anilines is 1. The Balaban J connectivity index is 2.40. The SMILES string of the molecule is Cc1ccc(N)c(S(=O)(=O)N2CCCCC2)c1. The maximum atomic E-state index is 12.4. The molecule has 1 aromatic carbocycles. The number of nitrogens with two attached hydrogens (primary N) is 1. The molecule has 1 aromatic rings. The third-order valence-corrected chi connectivity index (χ3v) is 5.06. The second-order valence-electron chi connectivity index (χ2n) is 4.51. The fraction of sp³-hybridized carbons (Fsp3) is 0.500. The minimum absolute atomic E-state index is 0.249. The lowest BCUT2D eigenvalue weighted by Gasteiger charge is -2.26. The molecule has 2 rings (SSSR count). The Bertz CT molecular complexity index is 505. The maximum Gasteiger partial charge on any atom is 0.245 e. The van der Waals surface area contributed by atoms with Crippen LogP contribution in [0.2, 0.25) is 0 Å². The molecule has 0 unspecified atom stereocenters. The van der Waals surface area contributed by atoms with Crippen LogP contribution in [0.1, 0.15) is 24.8 Å². The van der Waals surface area contributed by atoms with Crippen LogP contribution < -0.4 is 5.73 Å². The number of sulfonamides is 1. The Morgan fingerprint density at radius 1 is 1.18 bits per heavy atom. The van der Waals surface area contributed by atoms with E-state index in [4.69, 9.17) is 5.73 Å². The van der Waals surface area contributed by atoms with Gasteiger partial charge in [0.05, 0.1) is 5.69 Å². The molecule has 94 valence electrons. The van der Waals surface area contributed by atoms with Crippen LogP contribution in [-0.2, 0) is 10.0 Å². The van der Waals surface area contributed by atoms with E-state index in [0.29, 0.717) is 18.8 Å². The molecular formula is C12H18N2O2S. The van der Waals surface area contributed by atoms with E-state index < -0.39 is 10.0 Å². The van der Waals surface area contributed by atoms with Crippen LogP contribution >= 0.6 is 0 Å². The number of rotatable bonds is 2. The molecule has 0 amide bonds. The van der Waals surface area contributed by atoms with Gasteiger partial charge in [-0.2, -0.15) is 4.31 Å². The van der Waals surface area contributed by atoms with E-state index in [0.717, 1.165) is 24.8 Å². The second-order valence-corrected chi connectivity index (χ2v) is 6.41. The van der Waals surface area contributed by atoms with Crippen molar-refractivity contribution < 1.29 is 8.42 Å². The minimum Gasteiger partial charge on any atom is -0.398 e. The van der Waals surface area contributed by atoms with Gasteiger partial charge in [0.1, 0.15) is 4.90 Å².